The summed E-state index contributed by atoms with van der Waals surface area (Å²) < 4.78 is 5.27. The molecule has 0 heterocycles. The first-order valence-electron chi connectivity index (χ1n) is 7.96. The summed E-state index contributed by atoms with van der Waals surface area (Å²) in [5, 5.41) is 15.7. The van der Waals surface area contributed by atoms with Gasteiger partial charge in [-0.05, 0) is 47.5 Å². The minimum Gasteiger partial charge on any atom is -0.504 e. The van der Waals surface area contributed by atoms with Crippen molar-refractivity contribution in [2.24, 2.45) is 5.10 Å². The molecule has 0 aromatic heterocycles. The van der Waals surface area contributed by atoms with Gasteiger partial charge in [0.15, 0.2) is 11.5 Å². The number of carbonyl (C=O) groups is 1. The topological polar surface area (TPSA) is 70.9 Å². The number of phenols is 1. The van der Waals surface area contributed by atoms with E-state index in [1.165, 1.54) is 12.3 Å². The molecule has 0 unspecified atom stereocenters. The van der Waals surface area contributed by atoms with Gasteiger partial charge in [-0.25, -0.2) is 5.43 Å². The summed E-state index contributed by atoms with van der Waals surface area (Å²) in [5.41, 5.74) is 3.73. The van der Waals surface area contributed by atoms with Crippen LogP contribution in [0.5, 0.6) is 11.5 Å². The van der Waals surface area contributed by atoms with Crippen molar-refractivity contribution in [2.45, 2.75) is 6.92 Å². The highest BCUT2D eigenvalue weighted by molar-refractivity contribution is 6.07. The van der Waals surface area contributed by atoms with E-state index in [0.717, 1.165) is 10.8 Å². The number of nitrogens with zero attached hydrogens (tertiary/aromatic N) is 1. The van der Waals surface area contributed by atoms with Crippen LogP contribution in [0.15, 0.2) is 65.8 Å². The van der Waals surface area contributed by atoms with Gasteiger partial charge in [-0.15, -0.1) is 0 Å². The van der Waals surface area contributed by atoms with Crippen molar-refractivity contribution < 1.29 is 14.6 Å². The molecule has 0 aliphatic rings. The second-order valence-electron chi connectivity index (χ2n) is 5.39. The molecule has 0 saturated heterocycles. The van der Waals surface area contributed by atoms with Crippen molar-refractivity contribution in [3.8, 4) is 11.5 Å². The summed E-state index contributed by atoms with van der Waals surface area (Å²) in [6.07, 6.45) is 1.47. The van der Waals surface area contributed by atoms with Crippen LogP contribution in [0.25, 0.3) is 10.8 Å². The third-order valence-corrected chi connectivity index (χ3v) is 3.70. The third-order valence-electron chi connectivity index (χ3n) is 3.70. The maximum absolute atomic E-state index is 12.4. The summed E-state index contributed by atoms with van der Waals surface area (Å²) in [7, 11) is 0. The first kappa shape index (κ1) is 16.5. The molecule has 0 bridgehead atoms. The Labute approximate surface area is 145 Å². The average molecular weight is 334 g/mol. The first-order chi connectivity index (χ1) is 12.2. The Morgan fingerprint density at radius 3 is 2.76 bits per heavy atom. The Hall–Kier alpha value is -3.34. The van der Waals surface area contributed by atoms with Crippen molar-refractivity contribution in [1.82, 2.24) is 5.43 Å². The van der Waals surface area contributed by atoms with E-state index in [9.17, 15) is 9.90 Å². The van der Waals surface area contributed by atoms with E-state index in [4.69, 9.17) is 4.74 Å². The number of amides is 1. The Balaban J connectivity index is 1.73. The van der Waals surface area contributed by atoms with E-state index in [0.29, 0.717) is 23.5 Å². The lowest BCUT2D eigenvalue weighted by Crippen LogP contribution is -2.17. The number of carbonyl (C=O) groups excluding carboxylic acids is 1. The smallest absolute Gasteiger partial charge is 0.271 e. The third kappa shape index (κ3) is 3.77. The van der Waals surface area contributed by atoms with Crippen molar-refractivity contribution in [3.63, 3.8) is 0 Å². The number of hydrogen-bond donors (Lipinski definition) is 2. The Morgan fingerprint density at radius 2 is 1.96 bits per heavy atom. The van der Waals surface area contributed by atoms with Crippen molar-refractivity contribution in [2.75, 3.05) is 6.61 Å². The second kappa shape index (κ2) is 7.49. The molecule has 3 aromatic carbocycles. The van der Waals surface area contributed by atoms with E-state index in [2.05, 4.69) is 10.5 Å². The molecule has 0 saturated carbocycles. The van der Waals surface area contributed by atoms with Crippen molar-refractivity contribution >= 4 is 22.9 Å². The fourth-order valence-electron chi connectivity index (χ4n) is 2.54. The minimum absolute atomic E-state index is 0.0335. The van der Waals surface area contributed by atoms with Crippen LogP contribution in [0.2, 0.25) is 0 Å². The van der Waals surface area contributed by atoms with Crippen LogP contribution in [0.1, 0.15) is 22.8 Å². The number of hydrogen-bond acceptors (Lipinski definition) is 4. The van der Waals surface area contributed by atoms with Crippen LogP contribution in [0, 0.1) is 0 Å². The van der Waals surface area contributed by atoms with Gasteiger partial charge < -0.3 is 9.84 Å². The van der Waals surface area contributed by atoms with Gasteiger partial charge in [0.2, 0.25) is 0 Å². The molecule has 5 nitrogen and oxygen atoms in total. The van der Waals surface area contributed by atoms with Crippen molar-refractivity contribution in [3.05, 3.63) is 71.8 Å². The van der Waals surface area contributed by atoms with E-state index >= 15 is 0 Å². The molecule has 0 aliphatic carbocycles. The molecule has 0 aliphatic heterocycles. The zero-order chi connectivity index (χ0) is 17.6. The van der Waals surface area contributed by atoms with Gasteiger partial charge in [-0.3, -0.25) is 4.79 Å². The molecule has 5 heteroatoms. The molecule has 25 heavy (non-hydrogen) atoms. The summed E-state index contributed by atoms with van der Waals surface area (Å²) >= 11 is 0. The van der Waals surface area contributed by atoms with Gasteiger partial charge in [-0.2, -0.15) is 5.10 Å². The highest BCUT2D eigenvalue weighted by atomic mass is 16.5. The van der Waals surface area contributed by atoms with Gasteiger partial charge in [0.05, 0.1) is 12.8 Å². The molecule has 1 amide bonds. The molecular formula is C20H18N2O3. The zero-order valence-corrected chi connectivity index (χ0v) is 13.8. The predicted octanol–water partition coefficient (Wildman–Crippen LogP) is 3.71. The van der Waals surface area contributed by atoms with E-state index in [-0.39, 0.29) is 11.7 Å². The van der Waals surface area contributed by atoms with Gasteiger partial charge in [0, 0.05) is 5.56 Å². The van der Waals surface area contributed by atoms with Crippen LogP contribution >= 0.6 is 0 Å². The fraction of sp³-hybridized carbons (Fsp3) is 0.100. The van der Waals surface area contributed by atoms with Gasteiger partial charge in [0.1, 0.15) is 0 Å². The van der Waals surface area contributed by atoms with Crippen LogP contribution in [-0.2, 0) is 0 Å². The maximum Gasteiger partial charge on any atom is 0.271 e. The van der Waals surface area contributed by atoms with E-state index in [1.54, 1.807) is 18.2 Å². The van der Waals surface area contributed by atoms with Crippen LogP contribution in [-0.4, -0.2) is 23.8 Å². The number of nitrogens with one attached hydrogen (secondary N) is 1. The Kier molecular flexibility index (Phi) is 4.95. The lowest BCUT2D eigenvalue weighted by molar-refractivity contribution is 0.0957. The monoisotopic (exact) mass is 334 g/mol. The molecule has 0 fully saturated rings. The number of ether oxygens (including phenoxy) is 1. The zero-order valence-electron chi connectivity index (χ0n) is 13.8. The van der Waals surface area contributed by atoms with E-state index < -0.39 is 0 Å². The number of phenolic OH excluding ortho intramolecular Hbond substituents is 1. The molecule has 0 atom stereocenters. The Bertz CT molecular complexity index is 930. The highest BCUT2D eigenvalue weighted by Gasteiger charge is 2.08. The molecule has 2 N–H and O–H groups in total. The van der Waals surface area contributed by atoms with Crippen LogP contribution in [0.3, 0.4) is 0 Å². The molecular weight excluding hydrogens is 316 g/mol. The Morgan fingerprint density at radius 1 is 1.16 bits per heavy atom. The van der Waals surface area contributed by atoms with Crippen molar-refractivity contribution in [1.29, 1.82) is 0 Å². The lowest BCUT2D eigenvalue weighted by atomic mass is 10.0. The fourth-order valence-corrected chi connectivity index (χ4v) is 2.54. The first-order valence-corrected chi connectivity index (χ1v) is 7.96. The second-order valence-corrected chi connectivity index (χ2v) is 5.39. The highest BCUT2D eigenvalue weighted by Crippen LogP contribution is 2.26. The SMILES string of the molecule is CCOc1ccc(/C=N/NC(=O)c2cccc3ccccc23)cc1O. The van der Waals surface area contributed by atoms with Crippen LogP contribution < -0.4 is 10.2 Å². The van der Waals surface area contributed by atoms with Gasteiger partial charge in [0.25, 0.3) is 5.91 Å². The minimum atomic E-state index is -0.289. The molecule has 126 valence electrons. The van der Waals surface area contributed by atoms with Crippen LogP contribution in [0.4, 0.5) is 0 Å². The lowest BCUT2D eigenvalue weighted by Gasteiger charge is -2.06. The summed E-state index contributed by atoms with van der Waals surface area (Å²) in [6, 6.07) is 18.2. The standard InChI is InChI=1S/C20H18N2O3/c1-2-25-19-11-10-14(12-18(19)23)13-21-22-20(24)17-9-5-7-15-6-3-4-8-16(15)17/h3-13,23H,2H2,1H3,(H,22,24)/b21-13+. The largest absolute Gasteiger partial charge is 0.504 e. The summed E-state index contributed by atoms with van der Waals surface area (Å²) in [6.45, 7) is 2.32. The number of hydrazone groups is 1. The van der Waals surface area contributed by atoms with E-state index in [1.807, 2.05) is 43.3 Å². The number of rotatable bonds is 5. The number of benzene rings is 3. The molecule has 3 aromatic rings. The number of fused-ring (bicyclic) bond motifs is 1. The normalized spacial score (nSPS) is 10.9. The molecule has 0 spiro atoms. The molecule has 0 radical (unpaired) electrons. The quantitative estimate of drug-likeness (QED) is 0.552. The van der Waals surface area contributed by atoms with Gasteiger partial charge in [-0.1, -0.05) is 36.4 Å². The summed E-state index contributed by atoms with van der Waals surface area (Å²) in [5.74, 6) is 0.161. The average Bonchev–Trinajstić information content (AvgIpc) is 2.63. The van der Waals surface area contributed by atoms with Gasteiger partial charge >= 0.3 is 0 Å². The number of aromatic hydroxyl groups is 1. The predicted molar refractivity (Wildman–Crippen MR) is 98.3 cm³/mol. The maximum atomic E-state index is 12.4. The summed E-state index contributed by atoms with van der Waals surface area (Å²) in [4.78, 5) is 12.4. The molecule has 3 rings (SSSR count).